The van der Waals surface area contributed by atoms with Gasteiger partial charge in [-0.2, -0.15) is 13.2 Å². The summed E-state index contributed by atoms with van der Waals surface area (Å²) in [5.41, 5.74) is -1.61. The first-order chi connectivity index (χ1) is 14.8. The van der Waals surface area contributed by atoms with Gasteiger partial charge in [-0.25, -0.2) is 26.4 Å². The highest BCUT2D eigenvalue weighted by atomic mass is 32.2. The van der Waals surface area contributed by atoms with Gasteiger partial charge in [0.05, 0.1) is 20.2 Å². The highest BCUT2D eigenvalue weighted by Crippen LogP contribution is 2.37. The van der Waals surface area contributed by atoms with Crippen molar-refractivity contribution < 1.29 is 39.9 Å². The van der Waals surface area contributed by atoms with E-state index in [1.807, 2.05) is 0 Å². The molecule has 0 unspecified atom stereocenters. The molecule has 1 fully saturated rings. The lowest BCUT2D eigenvalue weighted by Crippen LogP contribution is -2.46. The van der Waals surface area contributed by atoms with Gasteiger partial charge >= 0.3 is 12.3 Å². The lowest BCUT2D eigenvalue weighted by atomic mass is 10.1. The van der Waals surface area contributed by atoms with Crippen molar-refractivity contribution in [1.82, 2.24) is 9.62 Å². The molecule has 0 spiro atoms. The van der Waals surface area contributed by atoms with E-state index in [4.69, 9.17) is 5.11 Å². The summed E-state index contributed by atoms with van der Waals surface area (Å²) >= 11 is 0. The van der Waals surface area contributed by atoms with Crippen LogP contribution in [0.3, 0.4) is 0 Å². The van der Waals surface area contributed by atoms with Crippen LogP contribution in [-0.4, -0.2) is 52.1 Å². The largest absolute Gasteiger partial charge is 0.465 e. The molecule has 1 aliphatic heterocycles. The van der Waals surface area contributed by atoms with Crippen molar-refractivity contribution in [2.24, 2.45) is 0 Å². The van der Waals surface area contributed by atoms with E-state index in [9.17, 15) is 34.8 Å². The van der Waals surface area contributed by atoms with Crippen LogP contribution in [-0.2, 0) is 26.0 Å². The molecule has 0 aromatic heterocycles. The molecule has 0 bridgehead atoms. The lowest BCUT2D eigenvalue weighted by Gasteiger charge is -2.30. The highest BCUT2D eigenvalue weighted by Gasteiger charge is 2.39. The fourth-order valence-corrected chi connectivity index (χ4v) is 6.16. The van der Waals surface area contributed by atoms with Gasteiger partial charge in [0.15, 0.2) is 0 Å². The molecule has 0 radical (unpaired) electrons. The Morgan fingerprint density at radius 1 is 0.969 bits per heavy atom. The number of benzene rings is 2. The van der Waals surface area contributed by atoms with Crippen molar-refractivity contribution >= 4 is 26.0 Å². The molecule has 2 aromatic rings. The summed E-state index contributed by atoms with van der Waals surface area (Å²) in [6.45, 7) is 0.0613. The Morgan fingerprint density at radius 2 is 1.56 bits per heavy atom. The van der Waals surface area contributed by atoms with Crippen molar-refractivity contribution in [3.63, 3.8) is 0 Å². The topological polar surface area (TPSA) is 121 Å². The molecule has 32 heavy (non-hydrogen) atoms. The molecule has 2 N–H and O–H groups in total. The van der Waals surface area contributed by atoms with Crippen LogP contribution in [0.25, 0.3) is 0 Å². The Kier molecular flexibility index (Phi) is 6.54. The third-order valence-electron chi connectivity index (χ3n) is 5.00. The van der Waals surface area contributed by atoms with Gasteiger partial charge in [-0.15, -0.1) is 0 Å². The molecule has 0 saturated carbocycles. The van der Waals surface area contributed by atoms with Crippen molar-refractivity contribution in [2.45, 2.75) is 39.7 Å². The number of rotatable bonds is 5. The number of halogens is 3. The molecule has 0 atom stereocenters. The van der Waals surface area contributed by atoms with E-state index < -0.39 is 53.5 Å². The zero-order chi connectivity index (χ0) is 23.7. The van der Waals surface area contributed by atoms with Gasteiger partial charge in [0.25, 0.3) is 0 Å². The first-order valence-corrected chi connectivity index (χ1v) is 12.3. The number of sulfone groups is 1. The van der Waals surface area contributed by atoms with E-state index in [1.165, 1.54) is 24.3 Å². The second-order valence-corrected chi connectivity index (χ2v) is 10.8. The van der Waals surface area contributed by atoms with E-state index in [0.717, 1.165) is 11.0 Å². The molecule has 1 aliphatic rings. The number of piperidine rings is 1. The number of amides is 1. The van der Waals surface area contributed by atoms with E-state index >= 15 is 0 Å². The molecule has 1 saturated heterocycles. The predicted octanol–water partition coefficient (Wildman–Crippen LogP) is 2.96. The molecule has 2 aromatic carbocycles. The number of hydrogen-bond donors (Lipinski definition) is 2. The molecular weight excluding hydrogens is 473 g/mol. The van der Waals surface area contributed by atoms with E-state index in [1.54, 1.807) is 6.07 Å². The Labute approximate surface area is 182 Å². The summed E-state index contributed by atoms with van der Waals surface area (Å²) in [6, 6.07) is 7.80. The van der Waals surface area contributed by atoms with Gasteiger partial charge < -0.3 is 10.0 Å². The second kappa shape index (κ2) is 8.71. The van der Waals surface area contributed by atoms with Gasteiger partial charge in [0.1, 0.15) is 0 Å². The molecule has 174 valence electrons. The number of nitrogens with one attached hydrogen (secondary N) is 1. The van der Waals surface area contributed by atoms with Crippen molar-refractivity contribution in [1.29, 1.82) is 0 Å². The van der Waals surface area contributed by atoms with E-state index in [0.29, 0.717) is 12.1 Å². The molecule has 3 rings (SSSR count). The van der Waals surface area contributed by atoms with Crippen LogP contribution in [0.5, 0.6) is 0 Å². The summed E-state index contributed by atoms with van der Waals surface area (Å²) < 4.78 is 94.1. The fraction of sp³-hybridized carbons (Fsp3) is 0.316. The van der Waals surface area contributed by atoms with E-state index in [-0.39, 0.29) is 30.8 Å². The Hall–Kier alpha value is -2.64. The van der Waals surface area contributed by atoms with Crippen LogP contribution in [0.15, 0.2) is 63.2 Å². The maximum absolute atomic E-state index is 13.7. The van der Waals surface area contributed by atoms with Crippen LogP contribution in [0.1, 0.15) is 18.4 Å². The van der Waals surface area contributed by atoms with Crippen LogP contribution < -0.4 is 4.72 Å². The zero-order valence-corrected chi connectivity index (χ0v) is 18.0. The Balaban J connectivity index is 1.95. The van der Waals surface area contributed by atoms with Crippen molar-refractivity contribution in [3.8, 4) is 0 Å². The van der Waals surface area contributed by atoms with Gasteiger partial charge in [-0.05, 0) is 43.2 Å². The average Bonchev–Trinajstić information content (AvgIpc) is 2.73. The predicted molar refractivity (Wildman–Crippen MR) is 106 cm³/mol. The number of nitrogens with zero attached hydrogens (tertiary/aromatic N) is 1. The van der Waals surface area contributed by atoms with E-state index in [2.05, 4.69) is 4.72 Å². The first kappa shape index (κ1) is 24.0. The molecule has 8 nitrogen and oxygen atoms in total. The summed E-state index contributed by atoms with van der Waals surface area (Å²) in [4.78, 5) is 10.0. The minimum atomic E-state index is -5.14. The van der Waals surface area contributed by atoms with Crippen LogP contribution in [0.4, 0.5) is 18.0 Å². The smallest absolute Gasteiger partial charge is 0.417 e. The second-order valence-electron chi connectivity index (χ2n) is 7.14. The quantitative estimate of drug-likeness (QED) is 0.662. The van der Waals surface area contributed by atoms with Crippen molar-refractivity contribution in [2.75, 3.05) is 13.1 Å². The normalized spacial score (nSPS) is 16.2. The third-order valence-corrected chi connectivity index (χ3v) is 8.34. The number of hydrogen-bond acceptors (Lipinski definition) is 5. The van der Waals surface area contributed by atoms with Crippen LogP contribution >= 0.6 is 0 Å². The summed E-state index contributed by atoms with van der Waals surface area (Å²) in [6.07, 6.45) is -6.12. The summed E-state index contributed by atoms with van der Waals surface area (Å²) in [5.74, 6) is 0. The SMILES string of the molecule is O=C(O)N1CCC(NS(=O)(=O)c2ccc(S(=O)(=O)c3ccccc3)cc2C(F)(F)F)CC1. The molecule has 0 aliphatic carbocycles. The Bertz CT molecular complexity index is 1210. The van der Waals surface area contributed by atoms with Gasteiger partial charge in [0, 0.05) is 19.1 Å². The number of carbonyl (C=O) groups is 1. The molecule has 13 heteroatoms. The Morgan fingerprint density at radius 3 is 2.09 bits per heavy atom. The molecule has 1 heterocycles. The number of carboxylic acid groups (broad SMARTS) is 1. The minimum absolute atomic E-state index is 0.0307. The fourth-order valence-electron chi connectivity index (χ4n) is 3.34. The average molecular weight is 492 g/mol. The number of likely N-dealkylation sites (tertiary alicyclic amines) is 1. The lowest BCUT2D eigenvalue weighted by molar-refractivity contribution is -0.140. The summed E-state index contributed by atoms with van der Waals surface area (Å²) in [7, 11) is -8.97. The maximum Gasteiger partial charge on any atom is 0.417 e. The monoisotopic (exact) mass is 492 g/mol. The third kappa shape index (κ3) is 5.05. The number of sulfonamides is 1. The molecular formula is C19H19F3N2O6S2. The van der Waals surface area contributed by atoms with Crippen LogP contribution in [0, 0.1) is 0 Å². The molecule has 1 amide bonds. The maximum atomic E-state index is 13.7. The zero-order valence-electron chi connectivity index (χ0n) is 16.4. The van der Waals surface area contributed by atoms with Gasteiger partial charge in [-0.1, -0.05) is 18.2 Å². The first-order valence-electron chi connectivity index (χ1n) is 9.34. The highest BCUT2D eigenvalue weighted by molar-refractivity contribution is 7.91. The van der Waals surface area contributed by atoms with Gasteiger partial charge in [0.2, 0.25) is 19.9 Å². The summed E-state index contributed by atoms with van der Waals surface area (Å²) in [5, 5.41) is 8.95. The number of alkyl halides is 3. The van der Waals surface area contributed by atoms with Crippen molar-refractivity contribution in [3.05, 3.63) is 54.1 Å². The minimum Gasteiger partial charge on any atom is -0.465 e. The van der Waals surface area contributed by atoms with Crippen LogP contribution in [0.2, 0.25) is 0 Å². The van der Waals surface area contributed by atoms with Gasteiger partial charge in [-0.3, -0.25) is 0 Å². The standard InChI is InChI=1S/C19H19F3N2O6S2/c20-19(21,22)16-12-15(31(27,28)14-4-2-1-3-5-14)6-7-17(16)32(29,30)23-13-8-10-24(11-9-13)18(25)26/h1-7,12-13,23H,8-11H2,(H,25,26).